The molecule has 4 nitrogen and oxygen atoms in total. The van der Waals surface area contributed by atoms with Crippen LogP contribution in [0.25, 0.3) is 11.3 Å². The fourth-order valence-electron chi connectivity index (χ4n) is 2.19. The van der Waals surface area contributed by atoms with Gasteiger partial charge in [0.05, 0.1) is 24.6 Å². The lowest BCUT2D eigenvalue weighted by Crippen LogP contribution is -2.02. The van der Waals surface area contributed by atoms with Crippen molar-refractivity contribution in [3.8, 4) is 11.3 Å². The lowest BCUT2D eigenvalue weighted by Gasteiger charge is -2.07. The summed E-state index contributed by atoms with van der Waals surface area (Å²) in [5.74, 6) is 0. The Morgan fingerprint density at radius 1 is 1.12 bits per heavy atom. The van der Waals surface area contributed by atoms with Gasteiger partial charge in [0.15, 0.2) is 0 Å². The van der Waals surface area contributed by atoms with Crippen molar-refractivity contribution in [1.82, 2.24) is 4.98 Å². The third kappa shape index (κ3) is 5.24. The number of hydrazone groups is 1. The largest absolute Gasteiger partial charge is 0.374 e. The van der Waals surface area contributed by atoms with Crippen molar-refractivity contribution in [2.45, 2.75) is 26.6 Å². The summed E-state index contributed by atoms with van der Waals surface area (Å²) in [7, 11) is 0. The first-order valence-corrected chi connectivity index (χ1v) is 9.09. The molecule has 0 saturated heterocycles. The number of rotatable bonds is 7. The molecule has 0 atom stereocenters. The van der Waals surface area contributed by atoms with Crippen LogP contribution in [0, 0.1) is 0 Å². The molecular weight excluding hydrogens is 330 g/mol. The highest BCUT2D eigenvalue weighted by atomic mass is 32.1. The Hall–Kier alpha value is -2.50. The average molecular weight is 351 g/mol. The standard InChI is InChI=1S/C20H21N3OS/c1-15(2)24-13-17-10-8-16(9-11-17)12-21-23-20-22-19(14-25-20)18-6-4-3-5-7-18/h3-12,14-15H,13H2,1-2H3,(H,22,23). The molecule has 0 unspecified atom stereocenters. The van der Waals surface area contributed by atoms with E-state index in [1.54, 1.807) is 6.21 Å². The van der Waals surface area contributed by atoms with E-state index in [4.69, 9.17) is 4.74 Å². The molecule has 3 aromatic rings. The van der Waals surface area contributed by atoms with Crippen molar-refractivity contribution < 1.29 is 4.74 Å². The monoisotopic (exact) mass is 351 g/mol. The highest BCUT2D eigenvalue weighted by molar-refractivity contribution is 7.14. The molecule has 0 fully saturated rings. The van der Waals surface area contributed by atoms with Gasteiger partial charge in [0.1, 0.15) is 0 Å². The Bertz CT molecular complexity index is 810. The maximum absolute atomic E-state index is 5.59. The topological polar surface area (TPSA) is 46.5 Å². The van der Waals surface area contributed by atoms with Gasteiger partial charge in [0.2, 0.25) is 5.13 Å². The third-order valence-corrected chi connectivity index (χ3v) is 4.26. The van der Waals surface area contributed by atoms with E-state index < -0.39 is 0 Å². The van der Waals surface area contributed by atoms with Crippen molar-refractivity contribution in [1.29, 1.82) is 0 Å². The number of benzene rings is 2. The van der Waals surface area contributed by atoms with E-state index in [1.165, 1.54) is 11.3 Å². The van der Waals surface area contributed by atoms with Crippen LogP contribution in [-0.2, 0) is 11.3 Å². The Morgan fingerprint density at radius 2 is 1.88 bits per heavy atom. The SMILES string of the molecule is CC(C)OCc1ccc(C=NNc2nc(-c3ccccc3)cs2)cc1. The number of hydrogen-bond donors (Lipinski definition) is 1. The van der Waals surface area contributed by atoms with Crippen LogP contribution < -0.4 is 5.43 Å². The zero-order chi connectivity index (χ0) is 17.5. The first kappa shape index (κ1) is 17.3. The minimum atomic E-state index is 0.240. The van der Waals surface area contributed by atoms with E-state index in [1.807, 2.05) is 61.7 Å². The fraction of sp³-hybridized carbons (Fsp3) is 0.200. The molecule has 0 aliphatic heterocycles. The predicted octanol–water partition coefficient (Wildman–Crippen LogP) is 5.18. The molecule has 0 aliphatic rings. The number of aromatic nitrogens is 1. The zero-order valence-corrected chi connectivity index (χ0v) is 15.2. The lowest BCUT2D eigenvalue weighted by atomic mass is 10.1. The second kappa shape index (κ2) is 8.55. The minimum Gasteiger partial charge on any atom is -0.374 e. The highest BCUT2D eigenvalue weighted by Crippen LogP contribution is 2.24. The Morgan fingerprint density at radius 3 is 2.60 bits per heavy atom. The van der Waals surface area contributed by atoms with Crippen molar-refractivity contribution in [2.24, 2.45) is 5.10 Å². The van der Waals surface area contributed by atoms with Gasteiger partial charge in [-0.2, -0.15) is 5.10 Å². The predicted molar refractivity (Wildman–Crippen MR) is 105 cm³/mol. The van der Waals surface area contributed by atoms with Gasteiger partial charge in [0, 0.05) is 10.9 Å². The van der Waals surface area contributed by atoms with Crippen LogP contribution in [0.4, 0.5) is 5.13 Å². The number of hydrogen-bond acceptors (Lipinski definition) is 5. The molecule has 25 heavy (non-hydrogen) atoms. The quantitative estimate of drug-likeness (QED) is 0.471. The summed E-state index contributed by atoms with van der Waals surface area (Å²) in [6.45, 7) is 4.71. The van der Waals surface area contributed by atoms with E-state index >= 15 is 0 Å². The maximum atomic E-state index is 5.59. The molecule has 1 aromatic heterocycles. The number of nitrogens with zero attached hydrogens (tertiary/aromatic N) is 2. The van der Waals surface area contributed by atoms with Crippen LogP contribution >= 0.6 is 11.3 Å². The van der Waals surface area contributed by atoms with E-state index in [0.717, 1.165) is 27.5 Å². The molecule has 5 heteroatoms. The van der Waals surface area contributed by atoms with E-state index in [-0.39, 0.29) is 6.10 Å². The third-order valence-electron chi connectivity index (χ3n) is 3.51. The van der Waals surface area contributed by atoms with Gasteiger partial charge in [-0.3, -0.25) is 5.43 Å². The number of anilines is 1. The summed E-state index contributed by atoms with van der Waals surface area (Å²) in [5, 5.41) is 7.06. The van der Waals surface area contributed by atoms with Gasteiger partial charge in [-0.25, -0.2) is 4.98 Å². The average Bonchev–Trinajstić information content (AvgIpc) is 3.11. The Labute approximate surface area is 152 Å². The molecule has 2 aromatic carbocycles. The van der Waals surface area contributed by atoms with Gasteiger partial charge in [-0.1, -0.05) is 54.6 Å². The van der Waals surface area contributed by atoms with E-state index in [2.05, 4.69) is 27.6 Å². The van der Waals surface area contributed by atoms with Crippen molar-refractivity contribution >= 4 is 22.7 Å². The number of thiazole rings is 1. The molecule has 0 saturated carbocycles. The van der Waals surface area contributed by atoms with Crippen LogP contribution in [0.3, 0.4) is 0 Å². The molecule has 0 aliphatic carbocycles. The van der Waals surface area contributed by atoms with Crippen LogP contribution in [0.5, 0.6) is 0 Å². The molecule has 0 radical (unpaired) electrons. The second-order valence-corrected chi connectivity index (χ2v) is 6.73. The maximum Gasteiger partial charge on any atom is 0.203 e. The fourth-order valence-corrected chi connectivity index (χ4v) is 2.86. The first-order valence-electron chi connectivity index (χ1n) is 8.21. The summed E-state index contributed by atoms with van der Waals surface area (Å²) < 4.78 is 5.59. The number of ether oxygens (including phenoxy) is 1. The molecule has 0 amide bonds. The highest BCUT2D eigenvalue weighted by Gasteiger charge is 2.02. The zero-order valence-electron chi connectivity index (χ0n) is 14.3. The molecule has 1 N–H and O–H groups in total. The van der Waals surface area contributed by atoms with Gasteiger partial charge in [-0.15, -0.1) is 11.3 Å². The second-order valence-electron chi connectivity index (χ2n) is 5.88. The van der Waals surface area contributed by atoms with Crippen LogP contribution in [-0.4, -0.2) is 17.3 Å². The van der Waals surface area contributed by atoms with Gasteiger partial charge >= 0.3 is 0 Å². The molecular formula is C20H21N3OS. The molecule has 1 heterocycles. The summed E-state index contributed by atoms with van der Waals surface area (Å²) in [5.41, 5.74) is 7.24. The summed E-state index contributed by atoms with van der Waals surface area (Å²) in [6.07, 6.45) is 2.03. The Kier molecular flexibility index (Phi) is 5.93. The Balaban J connectivity index is 1.55. The van der Waals surface area contributed by atoms with Crippen LogP contribution in [0.1, 0.15) is 25.0 Å². The van der Waals surface area contributed by atoms with E-state index in [0.29, 0.717) is 6.61 Å². The van der Waals surface area contributed by atoms with Gasteiger partial charge in [-0.05, 0) is 25.0 Å². The molecule has 128 valence electrons. The smallest absolute Gasteiger partial charge is 0.203 e. The normalized spacial score (nSPS) is 11.3. The van der Waals surface area contributed by atoms with Crippen molar-refractivity contribution in [2.75, 3.05) is 5.43 Å². The first-order chi connectivity index (χ1) is 12.2. The summed E-state index contributed by atoms with van der Waals surface area (Å²) in [6, 6.07) is 18.3. The number of nitrogens with one attached hydrogen (secondary N) is 1. The molecule has 0 spiro atoms. The van der Waals surface area contributed by atoms with Gasteiger partial charge < -0.3 is 4.74 Å². The van der Waals surface area contributed by atoms with Crippen LogP contribution in [0.2, 0.25) is 0 Å². The minimum absolute atomic E-state index is 0.240. The van der Waals surface area contributed by atoms with E-state index in [9.17, 15) is 0 Å². The lowest BCUT2D eigenvalue weighted by molar-refractivity contribution is 0.0657. The molecule has 0 bridgehead atoms. The van der Waals surface area contributed by atoms with Crippen LogP contribution in [0.15, 0.2) is 65.1 Å². The van der Waals surface area contributed by atoms with Crippen molar-refractivity contribution in [3.05, 3.63) is 71.1 Å². The summed E-state index contributed by atoms with van der Waals surface area (Å²) >= 11 is 1.54. The summed E-state index contributed by atoms with van der Waals surface area (Å²) in [4.78, 5) is 4.54. The van der Waals surface area contributed by atoms with Crippen molar-refractivity contribution in [3.63, 3.8) is 0 Å². The van der Waals surface area contributed by atoms with Gasteiger partial charge in [0.25, 0.3) is 0 Å². The molecule has 3 rings (SSSR count).